The number of hydrogen-bond donors (Lipinski definition) is 2. The fourth-order valence-corrected chi connectivity index (χ4v) is 2.00. The first kappa shape index (κ1) is 12.4. The molecule has 0 spiro atoms. The second-order valence-corrected chi connectivity index (χ2v) is 4.28. The van der Waals surface area contributed by atoms with Gasteiger partial charge in [-0.3, -0.25) is 0 Å². The van der Waals surface area contributed by atoms with Crippen molar-refractivity contribution in [1.29, 1.82) is 0 Å². The average molecular weight is 244 g/mol. The predicted molar refractivity (Wildman–Crippen MR) is 59.0 cm³/mol. The second kappa shape index (κ2) is 5.51. The molecule has 1 fully saturated rings. The Labute approximate surface area is 98.2 Å². The summed E-state index contributed by atoms with van der Waals surface area (Å²) in [5.41, 5.74) is 0.430. The van der Waals surface area contributed by atoms with Gasteiger partial charge < -0.3 is 10.6 Å². The number of benzene rings is 1. The molecule has 1 aliphatic heterocycles. The highest BCUT2D eigenvalue weighted by atomic mass is 19.2. The molecule has 0 atom stereocenters. The molecule has 1 aromatic rings. The summed E-state index contributed by atoms with van der Waals surface area (Å²) in [6, 6.07) is 2.42. The van der Waals surface area contributed by atoms with Crippen LogP contribution < -0.4 is 10.6 Å². The molecule has 0 radical (unpaired) electrons. The van der Waals surface area contributed by atoms with E-state index in [2.05, 4.69) is 10.6 Å². The highest BCUT2D eigenvalue weighted by molar-refractivity contribution is 5.19. The van der Waals surface area contributed by atoms with Crippen LogP contribution in [0.15, 0.2) is 12.1 Å². The van der Waals surface area contributed by atoms with Crippen LogP contribution in [0.2, 0.25) is 0 Å². The molecule has 94 valence electrons. The quantitative estimate of drug-likeness (QED) is 0.794. The lowest BCUT2D eigenvalue weighted by atomic mass is 10.1. The third-order valence-electron chi connectivity index (χ3n) is 2.98. The smallest absolute Gasteiger partial charge is 0.194 e. The molecule has 0 aliphatic carbocycles. The van der Waals surface area contributed by atoms with Crippen molar-refractivity contribution in [2.45, 2.75) is 25.4 Å². The lowest BCUT2D eigenvalue weighted by Gasteiger charge is -2.23. The molecule has 2 nitrogen and oxygen atoms in total. The molecule has 0 bridgehead atoms. The Morgan fingerprint density at radius 1 is 1.12 bits per heavy atom. The zero-order valence-corrected chi connectivity index (χ0v) is 9.40. The number of halogens is 3. The van der Waals surface area contributed by atoms with Gasteiger partial charge in [-0.05, 0) is 43.6 Å². The van der Waals surface area contributed by atoms with Gasteiger partial charge in [-0.2, -0.15) is 0 Å². The lowest BCUT2D eigenvalue weighted by Crippen LogP contribution is -2.39. The minimum atomic E-state index is -1.41. The Bertz CT molecular complexity index is 366. The van der Waals surface area contributed by atoms with Gasteiger partial charge in [0.1, 0.15) is 0 Å². The first-order valence-electron chi connectivity index (χ1n) is 5.74. The van der Waals surface area contributed by atoms with Gasteiger partial charge in [0, 0.05) is 12.6 Å². The SMILES string of the molecule is Fc1cc(CNC2CCNCC2)cc(F)c1F. The molecule has 0 aromatic heterocycles. The van der Waals surface area contributed by atoms with Crippen molar-refractivity contribution in [1.82, 2.24) is 10.6 Å². The van der Waals surface area contributed by atoms with Crippen LogP contribution in [0.1, 0.15) is 18.4 Å². The van der Waals surface area contributed by atoms with Crippen molar-refractivity contribution in [2.24, 2.45) is 0 Å². The van der Waals surface area contributed by atoms with Crippen LogP contribution >= 0.6 is 0 Å². The van der Waals surface area contributed by atoms with Crippen LogP contribution in [0.3, 0.4) is 0 Å². The monoisotopic (exact) mass is 244 g/mol. The largest absolute Gasteiger partial charge is 0.317 e. The van der Waals surface area contributed by atoms with E-state index in [4.69, 9.17) is 0 Å². The van der Waals surface area contributed by atoms with Crippen LogP contribution in [-0.2, 0) is 6.54 Å². The molecule has 5 heteroatoms. The minimum Gasteiger partial charge on any atom is -0.317 e. The van der Waals surface area contributed by atoms with Gasteiger partial charge in [0.2, 0.25) is 0 Å². The number of piperidine rings is 1. The molecule has 17 heavy (non-hydrogen) atoms. The number of rotatable bonds is 3. The molecule has 0 saturated carbocycles. The van der Waals surface area contributed by atoms with E-state index in [9.17, 15) is 13.2 Å². The van der Waals surface area contributed by atoms with E-state index in [0.717, 1.165) is 38.1 Å². The molecular weight excluding hydrogens is 229 g/mol. The van der Waals surface area contributed by atoms with Gasteiger partial charge in [-0.25, -0.2) is 13.2 Å². The maximum atomic E-state index is 13.0. The van der Waals surface area contributed by atoms with Gasteiger partial charge >= 0.3 is 0 Å². The number of hydrogen-bond acceptors (Lipinski definition) is 2. The van der Waals surface area contributed by atoms with Crippen LogP contribution in [0.5, 0.6) is 0 Å². The summed E-state index contributed by atoms with van der Waals surface area (Å²) in [7, 11) is 0. The van der Waals surface area contributed by atoms with Crippen LogP contribution in [0.4, 0.5) is 13.2 Å². The van der Waals surface area contributed by atoms with Gasteiger partial charge in [-0.1, -0.05) is 0 Å². The Morgan fingerprint density at radius 3 is 2.29 bits per heavy atom. The van der Waals surface area contributed by atoms with Gasteiger partial charge in [0.25, 0.3) is 0 Å². The maximum Gasteiger partial charge on any atom is 0.194 e. The Balaban J connectivity index is 1.94. The summed E-state index contributed by atoms with van der Waals surface area (Å²) >= 11 is 0. The van der Waals surface area contributed by atoms with Crippen molar-refractivity contribution >= 4 is 0 Å². The number of nitrogens with one attached hydrogen (secondary N) is 2. The van der Waals surface area contributed by atoms with E-state index in [1.54, 1.807) is 0 Å². The van der Waals surface area contributed by atoms with Crippen LogP contribution in [0.25, 0.3) is 0 Å². The zero-order valence-electron chi connectivity index (χ0n) is 9.40. The van der Waals surface area contributed by atoms with Crippen molar-refractivity contribution in [3.8, 4) is 0 Å². The topological polar surface area (TPSA) is 24.1 Å². The first-order chi connectivity index (χ1) is 8.16. The Morgan fingerprint density at radius 2 is 1.71 bits per heavy atom. The molecule has 1 heterocycles. The van der Waals surface area contributed by atoms with E-state index >= 15 is 0 Å². The molecular formula is C12H15F3N2. The van der Waals surface area contributed by atoms with E-state index in [1.165, 1.54) is 0 Å². The maximum absolute atomic E-state index is 13.0. The first-order valence-corrected chi connectivity index (χ1v) is 5.74. The summed E-state index contributed by atoms with van der Waals surface area (Å²) in [5.74, 6) is -3.67. The second-order valence-electron chi connectivity index (χ2n) is 4.28. The standard InChI is InChI=1S/C12H15F3N2/c13-10-5-8(6-11(14)12(10)15)7-17-9-1-3-16-4-2-9/h5-6,9,16-17H,1-4,7H2. The molecule has 1 aromatic carbocycles. The molecule has 1 saturated heterocycles. The van der Waals surface area contributed by atoms with Crippen molar-refractivity contribution in [3.05, 3.63) is 35.1 Å². The fourth-order valence-electron chi connectivity index (χ4n) is 2.00. The van der Waals surface area contributed by atoms with Crippen molar-refractivity contribution in [2.75, 3.05) is 13.1 Å². The summed E-state index contributed by atoms with van der Waals surface area (Å²) < 4.78 is 38.6. The summed E-state index contributed by atoms with van der Waals surface area (Å²) in [6.45, 7) is 2.26. The van der Waals surface area contributed by atoms with Crippen LogP contribution in [-0.4, -0.2) is 19.1 Å². The average Bonchev–Trinajstić information content (AvgIpc) is 2.34. The van der Waals surface area contributed by atoms with E-state index < -0.39 is 17.5 Å². The third-order valence-corrected chi connectivity index (χ3v) is 2.98. The van der Waals surface area contributed by atoms with E-state index in [1.807, 2.05) is 0 Å². The normalized spacial score (nSPS) is 17.4. The molecule has 0 unspecified atom stereocenters. The summed E-state index contributed by atoms with van der Waals surface area (Å²) in [5, 5.41) is 6.44. The Hall–Kier alpha value is -1.07. The highest BCUT2D eigenvalue weighted by Crippen LogP contribution is 2.14. The molecule has 2 rings (SSSR count). The van der Waals surface area contributed by atoms with Gasteiger partial charge in [0.15, 0.2) is 17.5 Å². The fraction of sp³-hybridized carbons (Fsp3) is 0.500. The molecule has 0 amide bonds. The van der Waals surface area contributed by atoms with E-state index in [0.29, 0.717) is 18.2 Å². The summed E-state index contributed by atoms with van der Waals surface area (Å²) in [4.78, 5) is 0. The van der Waals surface area contributed by atoms with Crippen molar-refractivity contribution < 1.29 is 13.2 Å². The van der Waals surface area contributed by atoms with Gasteiger partial charge in [0.05, 0.1) is 0 Å². The third kappa shape index (κ3) is 3.20. The molecule has 1 aliphatic rings. The zero-order chi connectivity index (χ0) is 12.3. The van der Waals surface area contributed by atoms with Crippen LogP contribution in [0, 0.1) is 17.5 Å². The van der Waals surface area contributed by atoms with E-state index in [-0.39, 0.29) is 0 Å². The molecule has 2 N–H and O–H groups in total. The van der Waals surface area contributed by atoms with Gasteiger partial charge in [-0.15, -0.1) is 0 Å². The lowest BCUT2D eigenvalue weighted by molar-refractivity contribution is 0.384. The predicted octanol–water partition coefficient (Wildman–Crippen LogP) is 1.95. The van der Waals surface area contributed by atoms with Crippen molar-refractivity contribution in [3.63, 3.8) is 0 Å². The minimum absolute atomic E-state index is 0.354. The Kier molecular flexibility index (Phi) is 4.02. The highest BCUT2D eigenvalue weighted by Gasteiger charge is 2.14. The summed E-state index contributed by atoms with van der Waals surface area (Å²) in [6.07, 6.45) is 1.98.